The third kappa shape index (κ3) is 7.21. The van der Waals surface area contributed by atoms with Crippen molar-refractivity contribution in [3.05, 3.63) is 72.3 Å². The summed E-state index contributed by atoms with van der Waals surface area (Å²) in [6, 6.07) is 21.1. The number of amides is 3. The van der Waals surface area contributed by atoms with E-state index >= 15 is 0 Å². The number of methoxy groups -OCH3 is 1. The standard InChI is InChI=1S/C29H36N6O3/c1-22(2)30-29(37)35(20-23-9-5-4-6-10-23)21-28(36)34-16-8-15-33(17-18-34)27-14-13-26(31-32-27)24-11-7-12-25(19-24)38-3/h4-7,9-14,19,22H,8,15-18,20-21H2,1-3H3,(H,30,37). The maximum absolute atomic E-state index is 13.3. The number of nitrogens with one attached hydrogen (secondary N) is 1. The Morgan fingerprint density at radius 1 is 0.974 bits per heavy atom. The largest absolute Gasteiger partial charge is 0.497 e. The number of urea groups is 1. The molecule has 0 saturated carbocycles. The van der Waals surface area contributed by atoms with Crippen molar-refractivity contribution in [1.29, 1.82) is 0 Å². The van der Waals surface area contributed by atoms with Crippen molar-refractivity contribution in [2.75, 3.05) is 44.7 Å². The molecule has 0 spiro atoms. The molecule has 9 nitrogen and oxygen atoms in total. The van der Waals surface area contributed by atoms with Gasteiger partial charge >= 0.3 is 6.03 Å². The zero-order chi connectivity index (χ0) is 26.9. The van der Waals surface area contributed by atoms with Crippen LogP contribution in [-0.2, 0) is 11.3 Å². The number of benzene rings is 2. The van der Waals surface area contributed by atoms with Gasteiger partial charge in [0, 0.05) is 44.3 Å². The molecule has 0 atom stereocenters. The van der Waals surface area contributed by atoms with Crippen molar-refractivity contribution in [2.24, 2.45) is 0 Å². The first kappa shape index (κ1) is 26.9. The Balaban J connectivity index is 1.38. The minimum atomic E-state index is -0.236. The van der Waals surface area contributed by atoms with Crippen molar-refractivity contribution in [1.82, 2.24) is 25.3 Å². The van der Waals surface area contributed by atoms with Crippen LogP contribution in [0.3, 0.4) is 0 Å². The van der Waals surface area contributed by atoms with Gasteiger partial charge in [0.05, 0.1) is 12.8 Å². The molecule has 2 heterocycles. The second kappa shape index (κ2) is 12.9. The fraction of sp³-hybridized carbons (Fsp3) is 0.379. The Bertz CT molecular complexity index is 1200. The molecule has 0 radical (unpaired) electrons. The third-order valence-electron chi connectivity index (χ3n) is 6.43. The topological polar surface area (TPSA) is 90.9 Å². The number of carbonyl (C=O) groups is 2. The Hall–Kier alpha value is -4.14. The zero-order valence-corrected chi connectivity index (χ0v) is 22.3. The molecule has 1 saturated heterocycles. The van der Waals surface area contributed by atoms with Crippen molar-refractivity contribution < 1.29 is 14.3 Å². The monoisotopic (exact) mass is 516 g/mol. The number of rotatable bonds is 8. The normalized spacial score (nSPS) is 13.7. The first-order valence-corrected chi connectivity index (χ1v) is 13.0. The smallest absolute Gasteiger partial charge is 0.318 e. The van der Waals surface area contributed by atoms with E-state index in [0.29, 0.717) is 26.2 Å². The first-order valence-electron chi connectivity index (χ1n) is 13.0. The molecule has 1 N–H and O–H groups in total. The number of nitrogens with zero attached hydrogens (tertiary/aromatic N) is 5. The maximum Gasteiger partial charge on any atom is 0.318 e. The lowest BCUT2D eigenvalue weighted by molar-refractivity contribution is -0.131. The van der Waals surface area contributed by atoms with E-state index in [0.717, 1.165) is 41.4 Å². The number of anilines is 1. The number of hydrogen-bond donors (Lipinski definition) is 1. The third-order valence-corrected chi connectivity index (χ3v) is 6.43. The molecule has 0 aliphatic carbocycles. The number of ether oxygens (including phenoxy) is 1. The van der Waals surface area contributed by atoms with Crippen LogP contribution in [-0.4, -0.2) is 77.8 Å². The second-order valence-corrected chi connectivity index (χ2v) is 9.68. The average Bonchev–Trinajstić information content (AvgIpc) is 3.19. The zero-order valence-electron chi connectivity index (χ0n) is 22.3. The van der Waals surface area contributed by atoms with Gasteiger partial charge in [0.1, 0.15) is 12.3 Å². The summed E-state index contributed by atoms with van der Waals surface area (Å²) < 4.78 is 5.31. The van der Waals surface area contributed by atoms with Gasteiger partial charge in [-0.1, -0.05) is 42.5 Å². The summed E-state index contributed by atoms with van der Waals surface area (Å²) in [7, 11) is 1.64. The van der Waals surface area contributed by atoms with Gasteiger partial charge in [-0.3, -0.25) is 4.79 Å². The fourth-order valence-corrected chi connectivity index (χ4v) is 4.43. The SMILES string of the molecule is COc1cccc(-c2ccc(N3CCCN(C(=O)CN(Cc4ccccc4)C(=O)NC(C)C)CC3)nn2)c1. The lowest BCUT2D eigenvalue weighted by atomic mass is 10.1. The van der Waals surface area contributed by atoms with Crippen LogP contribution in [0.25, 0.3) is 11.3 Å². The second-order valence-electron chi connectivity index (χ2n) is 9.68. The Kier molecular flexibility index (Phi) is 9.13. The van der Waals surface area contributed by atoms with E-state index in [-0.39, 0.29) is 24.5 Å². The van der Waals surface area contributed by atoms with Gasteiger partial charge in [0.25, 0.3) is 0 Å². The van der Waals surface area contributed by atoms with Crippen molar-refractivity contribution in [3.63, 3.8) is 0 Å². The Labute approximate surface area is 224 Å². The molecular weight excluding hydrogens is 480 g/mol. The highest BCUT2D eigenvalue weighted by Gasteiger charge is 2.24. The van der Waals surface area contributed by atoms with Crippen LogP contribution in [0.15, 0.2) is 66.7 Å². The molecule has 0 unspecified atom stereocenters. The van der Waals surface area contributed by atoms with Gasteiger partial charge in [0.2, 0.25) is 5.91 Å². The predicted molar refractivity (Wildman–Crippen MR) is 148 cm³/mol. The van der Waals surface area contributed by atoms with Gasteiger partial charge in [-0.15, -0.1) is 10.2 Å². The van der Waals surface area contributed by atoms with Crippen molar-refractivity contribution in [3.8, 4) is 17.0 Å². The molecule has 9 heteroatoms. The van der Waals surface area contributed by atoms with Gasteiger partial charge in [-0.2, -0.15) is 0 Å². The van der Waals surface area contributed by atoms with E-state index in [1.807, 2.05) is 85.5 Å². The van der Waals surface area contributed by atoms with Crippen LogP contribution >= 0.6 is 0 Å². The van der Waals surface area contributed by atoms with Crippen LogP contribution < -0.4 is 15.0 Å². The lowest BCUT2D eigenvalue weighted by Gasteiger charge is -2.28. The molecule has 3 amide bonds. The first-order chi connectivity index (χ1) is 18.4. The minimum Gasteiger partial charge on any atom is -0.497 e. The number of hydrogen-bond acceptors (Lipinski definition) is 6. The van der Waals surface area contributed by atoms with Crippen LogP contribution in [0.2, 0.25) is 0 Å². The lowest BCUT2D eigenvalue weighted by Crippen LogP contribution is -2.48. The number of carbonyl (C=O) groups excluding carboxylic acids is 2. The van der Waals surface area contributed by atoms with Crippen LogP contribution in [0.4, 0.5) is 10.6 Å². The van der Waals surface area contributed by atoms with E-state index in [4.69, 9.17) is 4.74 Å². The quantitative estimate of drug-likeness (QED) is 0.490. The highest BCUT2D eigenvalue weighted by molar-refractivity contribution is 5.84. The van der Waals surface area contributed by atoms with E-state index in [1.54, 1.807) is 12.0 Å². The molecule has 38 heavy (non-hydrogen) atoms. The molecule has 200 valence electrons. The maximum atomic E-state index is 13.3. The summed E-state index contributed by atoms with van der Waals surface area (Å²) in [5, 5.41) is 11.8. The highest BCUT2D eigenvalue weighted by Crippen LogP contribution is 2.23. The van der Waals surface area contributed by atoms with Gasteiger partial charge in [-0.25, -0.2) is 4.79 Å². The van der Waals surface area contributed by atoms with Crippen molar-refractivity contribution in [2.45, 2.75) is 32.9 Å². The van der Waals surface area contributed by atoms with Gasteiger partial charge in [-0.05, 0) is 50.1 Å². The molecule has 4 rings (SSSR count). The molecule has 3 aromatic rings. The van der Waals surface area contributed by atoms with E-state index in [2.05, 4.69) is 20.4 Å². The molecule has 1 aliphatic heterocycles. The van der Waals surface area contributed by atoms with Crippen LogP contribution in [0, 0.1) is 0 Å². The summed E-state index contributed by atoms with van der Waals surface area (Å²) in [6.45, 7) is 6.85. The molecule has 1 fully saturated rings. The summed E-state index contributed by atoms with van der Waals surface area (Å²) >= 11 is 0. The average molecular weight is 517 g/mol. The molecule has 2 aromatic carbocycles. The number of aromatic nitrogens is 2. The van der Waals surface area contributed by atoms with Crippen molar-refractivity contribution >= 4 is 17.8 Å². The summed E-state index contributed by atoms with van der Waals surface area (Å²) in [4.78, 5) is 31.7. The molecule has 1 aromatic heterocycles. The highest BCUT2D eigenvalue weighted by atomic mass is 16.5. The summed E-state index contributed by atoms with van der Waals surface area (Å²) in [5.41, 5.74) is 2.70. The van der Waals surface area contributed by atoms with E-state index < -0.39 is 0 Å². The summed E-state index contributed by atoms with van der Waals surface area (Å²) in [5.74, 6) is 1.50. The minimum absolute atomic E-state index is 0.0148. The summed E-state index contributed by atoms with van der Waals surface area (Å²) in [6.07, 6.45) is 0.807. The van der Waals surface area contributed by atoms with E-state index in [1.165, 1.54) is 0 Å². The van der Waals surface area contributed by atoms with Gasteiger partial charge < -0.3 is 24.8 Å². The Morgan fingerprint density at radius 2 is 1.79 bits per heavy atom. The van der Waals surface area contributed by atoms with Gasteiger partial charge in [0.15, 0.2) is 5.82 Å². The van der Waals surface area contributed by atoms with E-state index in [9.17, 15) is 9.59 Å². The predicted octanol–water partition coefficient (Wildman–Crippen LogP) is 3.81. The van der Waals surface area contributed by atoms with Crippen LogP contribution in [0.5, 0.6) is 5.75 Å². The Morgan fingerprint density at radius 3 is 2.50 bits per heavy atom. The molecule has 0 bridgehead atoms. The molecule has 1 aliphatic rings. The molecular formula is C29H36N6O3. The van der Waals surface area contributed by atoms with Crippen LogP contribution in [0.1, 0.15) is 25.8 Å². The fourth-order valence-electron chi connectivity index (χ4n) is 4.43.